The summed E-state index contributed by atoms with van der Waals surface area (Å²) in [5.74, 6) is 0.610. The smallest absolute Gasteiger partial charge is 0.262 e. The molecule has 3 aromatic rings. The monoisotopic (exact) mass is 365 g/mol. The summed E-state index contributed by atoms with van der Waals surface area (Å²) in [5.41, 5.74) is 13.4. The standard InChI is InChI=1S/C20H19N3O2S/c1-10-4-13(7-14(21)5-10)20-22-16(9-26-20)15-6-11(2)19-18(12(15)3)23-17(24)8-25-19/h4-7,9H,8,21H2,1-3H3,(H,23,24). The van der Waals surface area contributed by atoms with Crippen molar-refractivity contribution in [1.82, 2.24) is 4.98 Å². The lowest BCUT2D eigenvalue weighted by atomic mass is 9.99. The van der Waals surface area contributed by atoms with Crippen LogP contribution < -0.4 is 15.8 Å². The van der Waals surface area contributed by atoms with Crippen molar-refractivity contribution in [2.45, 2.75) is 20.8 Å². The van der Waals surface area contributed by atoms with Gasteiger partial charge in [-0.1, -0.05) is 0 Å². The number of hydrogen-bond donors (Lipinski definition) is 2. The van der Waals surface area contributed by atoms with Gasteiger partial charge in [-0.15, -0.1) is 11.3 Å². The number of nitrogens with one attached hydrogen (secondary N) is 1. The summed E-state index contributed by atoms with van der Waals surface area (Å²) < 4.78 is 5.60. The number of nitrogen functional groups attached to an aromatic ring is 1. The molecular weight excluding hydrogens is 346 g/mol. The van der Waals surface area contributed by atoms with E-state index >= 15 is 0 Å². The highest BCUT2D eigenvalue weighted by molar-refractivity contribution is 7.13. The highest BCUT2D eigenvalue weighted by Crippen LogP contribution is 2.41. The Morgan fingerprint density at radius 3 is 2.77 bits per heavy atom. The number of nitrogens with two attached hydrogens (primary N) is 1. The normalized spacial score (nSPS) is 13.1. The minimum absolute atomic E-state index is 0.0578. The van der Waals surface area contributed by atoms with E-state index in [2.05, 4.69) is 17.4 Å². The molecule has 1 amide bonds. The number of hydrogen-bond acceptors (Lipinski definition) is 5. The molecule has 0 radical (unpaired) electrons. The van der Waals surface area contributed by atoms with Gasteiger partial charge in [0.1, 0.15) is 10.8 Å². The minimum Gasteiger partial charge on any atom is -0.481 e. The van der Waals surface area contributed by atoms with E-state index in [1.807, 2.05) is 38.3 Å². The average molecular weight is 365 g/mol. The van der Waals surface area contributed by atoms with Gasteiger partial charge in [0.15, 0.2) is 6.61 Å². The van der Waals surface area contributed by atoms with Gasteiger partial charge in [0.2, 0.25) is 0 Å². The fourth-order valence-corrected chi connectivity index (χ4v) is 4.08. The van der Waals surface area contributed by atoms with Crippen molar-refractivity contribution >= 4 is 28.6 Å². The molecule has 6 heteroatoms. The lowest BCUT2D eigenvalue weighted by molar-refractivity contribution is -0.118. The SMILES string of the molecule is Cc1cc(N)cc(-c2nc(-c3cc(C)c4c(c3C)NC(=O)CO4)cs2)c1. The van der Waals surface area contributed by atoms with E-state index in [0.717, 1.165) is 55.6 Å². The zero-order valence-electron chi connectivity index (χ0n) is 14.8. The highest BCUT2D eigenvalue weighted by atomic mass is 32.1. The number of aromatic nitrogens is 1. The third kappa shape index (κ3) is 2.82. The maximum absolute atomic E-state index is 11.7. The molecule has 1 aromatic heterocycles. The largest absolute Gasteiger partial charge is 0.481 e. The number of amides is 1. The number of ether oxygens (including phenoxy) is 1. The molecule has 0 spiro atoms. The van der Waals surface area contributed by atoms with Crippen LogP contribution in [-0.4, -0.2) is 17.5 Å². The summed E-state index contributed by atoms with van der Waals surface area (Å²) in [6.45, 7) is 6.04. The Morgan fingerprint density at radius 1 is 1.19 bits per heavy atom. The molecule has 26 heavy (non-hydrogen) atoms. The van der Waals surface area contributed by atoms with Gasteiger partial charge in [-0.3, -0.25) is 4.79 Å². The van der Waals surface area contributed by atoms with Crippen LogP contribution >= 0.6 is 11.3 Å². The molecular formula is C20H19N3O2S. The molecule has 0 unspecified atom stereocenters. The molecule has 0 saturated carbocycles. The van der Waals surface area contributed by atoms with E-state index in [4.69, 9.17) is 15.5 Å². The molecule has 2 aromatic carbocycles. The Hall–Kier alpha value is -2.86. The Kier molecular flexibility index (Phi) is 3.92. The second-order valence-corrected chi connectivity index (χ2v) is 7.44. The van der Waals surface area contributed by atoms with Gasteiger partial charge in [0.25, 0.3) is 5.91 Å². The summed E-state index contributed by atoms with van der Waals surface area (Å²) in [5, 5.41) is 5.88. The molecule has 0 aliphatic carbocycles. The summed E-state index contributed by atoms with van der Waals surface area (Å²) >= 11 is 1.58. The van der Waals surface area contributed by atoms with Gasteiger partial charge < -0.3 is 15.8 Å². The van der Waals surface area contributed by atoms with Gasteiger partial charge in [0.05, 0.1) is 11.4 Å². The molecule has 1 aliphatic rings. The van der Waals surface area contributed by atoms with Crippen molar-refractivity contribution < 1.29 is 9.53 Å². The number of aryl methyl sites for hydroxylation is 2. The first-order valence-electron chi connectivity index (χ1n) is 8.32. The number of nitrogens with zero attached hydrogens (tertiary/aromatic N) is 1. The first kappa shape index (κ1) is 16.6. The van der Waals surface area contributed by atoms with E-state index in [1.165, 1.54) is 0 Å². The van der Waals surface area contributed by atoms with Crippen LogP contribution in [-0.2, 0) is 4.79 Å². The zero-order chi connectivity index (χ0) is 18.4. The van der Waals surface area contributed by atoms with Crippen molar-refractivity contribution in [3.05, 3.63) is 46.3 Å². The van der Waals surface area contributed by atoms with Crippen LogP contribution in [0.3, 0.4) is 0 Å². The maximum Gasteiger partial charge on any atom is 0.262 e. The molecule has 3 N–H and O–H groups in total. The molecule has 0 fully saturated rings. The number of carbonyl (C=O) groups is 1. The first-order chi connectivity index (χ1) is 12.4. The second-order valence-electron chi connectivity index (χ2n) is 6.58. The van der Waals surface area contributed by atoms with E-state index in [9.17, 15) is 4.79 Å². The summed E-state index contributed by atoms with van der Waals surface area (Å²) in [4.78, 5) is 16.5. The predicted octanol–water partition coefficient (Wildman–Crippen LogP) is 4.32. The lowest BCUT2D eigenvalue weighted by Gasteiger charge is -2.23. The summed E-state index contributed by atoms with van der Waals surface area (Å²) in [6.07, 6.45) is 0. The van der Waals surface area contributed by atoms with Crippen molar-refractivity contribution in [3.63, 3.8) is 0 Å². The lowest BCUT2D eigenvalue weighted by Crippen LogP contribution is -2.26. The van der Waals surface area contributed by atoms with Crippen LogP contribution in [0.5, 0.6) is 5.75 Å². The van der Waals surface area contributed by atoms with Crippen LogP contribution in [0.4, 0.5) is 11.4 Å². The van der Waals surface area contributed by atoms with Gasteiger partial charge in [-0.2, -0.15) is 0 Å². The molecule has 2 heterocycles. The topological polar surface area (TPSA) is 77.2 Å². The van der Waals surface area contributed by atoms with Crippen molar-refractivity contribution in [2.24, 2.45) is 0 Å². The second kappa shape index (κ2) is 6.14. The molecule has 0 saturated heterocycles. The van der Waals surface area contributed by atoms with Gasteiger partial charge >= 0.3 is 0 Å². The van der Waals surface area contributed by atoms with E-state index in [1.54, 1.807) is 11.3 Å². The van der Waals surface area contributed by atoms with Crippen LogP contribution in [0.25, 0.3) is 21.8 Å². The zero-order valence-corrected chi connectivity index (χ0v) is 15.7. The average Bonchev–Trinajstić information content (AvgIpc) is 3.07. The highest BCUT2D eigenvalue weighted by Gasteiger charge is 2.23. The Labute approximate surface area is 155 Å². The molecule has 4 rings (SSSR count). The number of rotatable bonds is 2. The van der Waals surface area contributed by atoms with Crippen LogP contribution in [0.15, 0.2) is 29.6 Å². The minimum atomic E-state index is -0.133. The molecule has 0 bridgehead atoms. The van der Waals surface area contributed by atoms with Crippen molar-refractivity contribution in [2.75, 3.05) is 17.7 Å². The van der Waals surface area contributed by atoms with Crippen LogP contribution in [0, 0.1) is 20.8 Å². The van der Waals surface area contributed by atoms with Crippen LogP contribution in [0.2, 0.25) is 0 Å². The number of benzene rings is 2. The Bertz CT molecular complexity index is 1020. The molecule has 132 valence electrons. The van der Waals surface area contributed by atoms with E-state index in [0.29, 0.717) is 0 Å². The fourth-order valence-electron chi connectivity index (χ4n) is 3.27. The molecule has 5 nitrogen and oxygen atoms in total. The molecule has 0 atom stereocenters. The van der Waals surface area contributed by atoms with E-state index in [-0.39, 0.29) is 12.5 Å². The van der Waals surface area contributed by atoms with Crippen LogP contribution in [0.1, 0.15) is 16.7 Å². The summed E-state index contributed by atoms with van der Waals surface area (Å²) in [6, 6.07) is 8.03. The van der Waals surface area contributed by atoms with Gasteiger partial charge in [-0.05, 0) is 61.7 Å². The Morgan fingerprint density at radius 2 is 2.00 bits per heavy atom. The van der Waals surface area contributed by atoms with Gasteiger partial charge in [-0.25, -0.2) is 4.98 Å². The van der Waals surface area contributed by atoms with Crippen molar-refractivity contribution in [1.29, 1.82) is 0 Å². The number of fused-ring (bicyclic) bond motifs is 1. The number of thiazole rings is 1. The van der Waals surface area contributed by atoms with Crippen molar-refractivity contribution in [3.8, 4) is 27.6 Å². The number of anilines is 2. The Balaban J connectivity index is 1.80. The third-order valence-corrected chi connectivity index (χ3v) is 5.36. The first-order valence-corrected chi connectivity index (χ1v) is 9.20. The summed E-state index contributed by atoms with van der Waals surface area (Å²) in [7, 11) is 0. The predicted molar refractivity (Wildman–Crippen MR) is 106 cm³/mol. The number of carbonyl (C=O) groups excluding carboxylic acids is 1. The van der Waals surface area contributed by atoms with Gasteiger partial charge in [0, 0.05) is 22.2 Å². The quantitative estimate of drug-likeness (QED) is 0.663. The maximum atomic E-state index is 11.7. The fraction of sp³-hybridized carbons (Fsp3) is 0.200. The van der Waals surface area contributed by atoms with E-state index < -0.39 is 0 Å². The molecule has 1 aliphatic heterocycles. The third-order valence-electron chi connectivity index (χ3n) is 4.46.